The highest BCUT2D eigenvalue weighted by atomic mass is 16.5. The number of carbonyl (C=O) groups excluding carboxylic acids is 2. The van der Waals surface area contributed by atoms with Crippen LogP contribution in [-0.4, -0.2) is 60.2 Å². The average Bonchev–Trinajstić information content (AvgIpc) is 3.20. The summed E-state index contributed by atoms with van der Waals surface area (Å²) in [5.74, 6) is -0.286. The Bertz CT molecular complexity index is 1120. The van der Waals surface area contributed by atoms with E-state index in [-0.39, 0.29) is 17.6 Å². The van der Waals surface area contributed by atoms with Crippen molar-refractivity contribution in [2.75, 3.05) is 43.5 Å². The highest BCUT2D eigenvalue weighted by Crippen LogP contribution is 2.33. The number of nitrogens with zero attached hydrogens (tertiary/aromatic N) is 4. The predicted octanol–water partition coefficient (Wildman–Crippen LogP) is -0.308. The maximum Gasteiger partial charge on any atom is 0.256 e. The van der Waals surface area contributed by atoms with Gasteiger partial charge in [0.05, 0.1) is 20.0 Å². The number of benzene rings is 1. The molecule has 1 aromatic heterocycles. The molecule has 0 aliphatic carbocycles. The standard InChI is InChI=1S/C21H28N8O3/c1-3-21(20(23)31)11-29-12-25-18(16(17(22)30)19(29)27-21)26-14-5-4-13(10-15(14)32-2)28-8-6-24-7-9-28/h4-5,10,12,24,27H,3,6-9,11H2,1-2H3,(H2,22,30)(H2,23,31). The molecule has 170 valence electrons. The van der Waals surface area contributed by atoms with Gasteiger partial charge in [-0.15, -0.1) is 0 Å². The van der Waals surface area contributed by atoms with Crippen molar-refractivity contribution < 1.29 is 14.3 Å². The van der Waals surface area contributed by atoms with E-state index in [4.69, 9.17) is 16.2 Å². The molecule has 32 heavy (non-hydrogen) atoms. The zero-order chi connectivity index (χ0) is 22.9. The molecule has 1 aromatic carbocycles. The molecule has 2 aliphatic heterocycles. The molecular formula is C21H28N8O3. The SMILES string of the molecule is CCC1(C(N)=O)Cn2cnc(=Nc3ccc(N4CCNCC4)cc3OC)c(C(N)=O)c2N1. The molecule has 0 saturated carbocycles. The summed E-state index contributed by atoms with van der Waals surface area (Å²) in [7, 11) is 1.57. The number of anilines is 2. The summed E-state index contributed by atoms with van der Waals surface area (Å²) in [6.45, 7) is 5.75. The molecule has 1 atom stereocenters. The van der Waals surface area contributed by atoms with Crippen LogP contribution in [0, 0.1) is 0 Å². The zero-order valence-corrected chi connectivity index (χ0v) is 18.2. The number of ether oxygens (including phenoxy) is 1. The molecule has 6 N–H and O–H groups in total. The second-order valence-electron chi connectivity index (χ2n) is 7.91. The number of aromatic nitrogens is 2. The second-order valence-corrected chi connectivity index (χ2v) is 7.91. The van der Waals surface area contributed by atoms with Gasteiger partial charge < -0.3 is 36.3 Å². The second kappa shape index (κ2) is 8.50. The van der Waals surface area contributed by atoms with E-state index in [1.807, 2.05) is 25.1 Å². The molecule has 3 heterocycles. The maximum absolute atomic E-state index is 12.4. The van der Waals surface area contributed by atoms with Gasteiger partial charge in [-0.2, -0.15) is 0 Å². The number of nitrogens with two attached hydrogens (primary N) is 2. The summed E-state index contributed by atoms with van der Waals surface area (Å²) in [5.41, 5.74) is 12.1. The van der Waals surface area contributed by atoms with Crippen LogP contribution in [0.3, 0.4) is 0 Å². The monoisotopic (exact) mass is 440 g/mol. The summed E-state index contributed by atoms with van der Waals surface area (Å²) < 4.78 is 7.23. The van der Waals surface area contributed by atoms with Crippen LogP contribution < -0.4 is 37.2 Å². The van der Waals surface area contributed by atoms with E-state index >= 15 is 0 Å². The van der Waals surface area contributed by atoms with Gasteiger partial charge >= 0.3 is 0 Å². The van der Waals surface area contributed by atoms with Crippen molar-refractivity contribution in [3.8, 4) is 5.75 Å². The molecule has 1 unspecified atom stereocenters. The molecule has 4 rings (SSSR count). The molecule has 2 amide bonds. The third-order valence-corrected chi connectivity index (χ3v) is 6.06. The van der Waals surface area contributed by atoms with Crippen LogP contribution >= 0.6 is 0 Å². The number of nitrogens with one attached hydrogen (secondary N) is 2. The third-order valence-electron chi connectivity index (χ3n) is 6.06. The molecule has 11 heteroatoms. The molecule has 2 aromatic rings. The molecule has 0 bridgehead atoms. The fraction of sp³-hybridized carbons (Fsp3) is 0.429. The number of rotatable bonds is 6. The van der Waals surface area contributed by atoms with Gasteiger partial charge in [0.25, 0.3) is 5.91 Å². The Balaban J connectivity index is 1.78. The molecular weight excluding hydrogens is 412 g/mol. The van der Waals surface area contributed by atoms with Gasteiger partial charge in [-0.25, -0.2) is 9.98 Å². The minimum Gasteiger partial charge on any atom is -0.494 e. The minimum atomic E-state index is -1.01. The van der Waals surface area contributed by atoms with Crippen LogP contribution in [0.2, 0.25) is 0 Å². The van der Waals surface area contributed by atoms with E-state index in [0.29, 0.717) is 23.7 Å². The summed E-state index contributed by atoms with van der Waals surface area (Å²) in [5, 5.41) is 6.43. The first-order valence-electron chi connectivity index (χ1n) is 10.5. The number of primary amides is 2. The van der Waals surface area contributed by atoms with Crippen molar-refractivity contribution in [1.82, 2.24) is 14.9 Å². The highest BCUT2D eigenvalue weighted by molar-refractivity contribution is 5.99. The number of piperazine rings is 1. The van der Waals surface area contributed by atoms with E-state index in [2.05, 4.69) is 25.5 Å². The smallest absolute Gasteiger partial charge is 0.256 e. The highest BCUT2D eigenvalue weighted by Gasteiger charge is 2.42. The number of methoxy groups -OCH3 is 1. The summed E-state index contributed by atoms with van der Waals surface area (Å²) in [6, 6.07) is 5.71. The fourth-order valence-corrected chi connectivity index (χ4v) is 4.13. The topological polar surface area (TPSA) is 153 Å². The van der Waals surface area contributed by atoms with E-state index in [1.54, 1.807) is 11.7 Å². The van der Waals surface area contributed by atoms with Crippen molar-refractivity contribution in [1.29, 1.82) is 0 Å². The van der Waals surface area contributed by atoms with Gasteiger partial charge in [0.2, 0.25) is 5.91 Å². The summed E-state index contributed by atoms with van der Waals surface area (Å²) >= 11 is 0. The van der Waals surface area contributed by atoms with Crippen LogP contribution in [0.4, 0.5) is 17.2 Å². The number of fused-ring (bicyclic) bond motifs is 1. The third kappa shape index (κ3) is 3.75. The lowest BCUT2D eigenvalue weighted by Crippen LogP contribution is -2.49. The number of amides is 2. The zero-order valence-electron chi connectivity index (χ0n) is 18.2. The molecule has 1 fully saturated rings. The molecule has 11 nitrogen and oxygen atoms in total. The van der Waals surface area contributed by atoms with Gasteiger partial charge in [-0.1, -0.05) is 6.92 Å². The predicted molar refractivity (Wildman–Crippen MR) is 120 cm³/mol. The van der Waals surface area contributed by atoms with Crippen LogP contribution in [0.25, 0.3) is 0 Å². The first-order valence-corrected chi connectivity index (χ1v) is 10.5. The molecule has 0 radical (unpaired) electrons. The summed E-state index contributed by atoms with van der Waals surface area (Å²) in [4.78, 5) is 35.6. The van der Waals surface area contributed by atoms with Crippen LogP contribution in [-0.2, 0) is 11.3 Å². The largest absolute Gasteiger partial charge is 0.494 e. The summed E-state index contributed by atoms with van der Waals surface area (Å²) in [6.07, 6.45) is 1.96. The lowest BCUT2D eigenvalue weighted by molar-refractivity contribution is -0.122. The Morgan fingerprint density at radius 1 is 1.28 bits per heavy atom. The lowest BCUT2D eigenvalue weighted by atomic mass is 9.96. The Morgan fingerprint density at radius 3 is 2.66 bits per heavy atom. The Labute approximate surface area is 185 Å². The molecule has 0 spiro atoms. The first-order chi connectivity index (χ1) is 15.4. The van der Waals surface area contributed by atoms with Gasteiger partial charge in [0, 0.05) is 37.9 Å². The van der Waals surface area contributed by atoms with Crippen molar-refractivity contribution >= 4 is 29.0 Å². The normalized spacial score (nSPS) is 20.6. The first kappa shape index (κ1) is 21.6. The van der Waals surface area contributed by atoms with Crippen molar-refractivity contribution in [2.45, 2.75) is 25.4 Å². The van der Waals surface area contributed by atoms with Crippen molar-refractivity contribution in [3.63, 3.8) is 0 Å². The van der Waals surface area contributed by atoms with Crippen LogP contribution in [0.5, 0.6) is 5.75 Å². The Morgan fingerprint density at radius 2 is 2.03 bits per heavy atom. The van der Waals surface area contributed by atoms with Gasteiger partial charge in [-0.05, 0) is 18.6 Å². The van der Waals surface area contributed by atoms with E-state index < -0.39 is 17.4 Å². The minimum absolute atomic E-state index is 0.0947. The van der Waals surface area contributed by atoms with Gasteiger partial charge in [0.15, 0.2) is 5.49 Å². The number of hydrogen-bond acceptors (Lipinski definition) is 8. The Hall–Kier alpha value is -3.60. The molecule has 1 saturated heterocycles. The van der Waals surface area contributed by atoms with Crippen LogP contribution in [0.15, 0.2) is 29.5 Å². The van der Waals surface area contributed by atoms with Gasteiger partial charge in [-0.3, -0.25) is 9.59 Å². The van der Waals surface area contributed by atoms with Crippen LogP contribution in [0.1, 0.15) is 23.7 Å². The van der Waals surface area contributed by atoms with E-state index in [0.717, 1.165) is 31.9 Å². The quantitative estimate of drug-likeness (QED) is 0.481. The maximum atomic E-state index is 12.4. The average molecular weight is 441 g/mol. The number of carbonyl (C=O) groups is 2. The number of hydrogen-bond donors (Lipinski definition) is 4. The Kier molecular flexibility index (Phi) is 5.74. The van der Waals surface area contributed by atoms with Crippen molar-refractivity contribution in [3.05, 3.63) is 35.6 Å². The van der Waals surface area contributed by atoms with Crippen molar-refractivity contribution in [2.24, 2.45) is 16.5 Å². The molecule has 2 aliphatic rings. The van der Waals surface area contributed by atoms with E-state index in [9.17, 15) is 9.59 Å². The van der Waals surface area contributed by atoms with Gasteiger partial charge in [0.1, 0.15) is 28.4 Å². The van der Waals surface area contributed by atoms with E-state index in [1.165, 1.54) is 6.33 Å². The lowest BCUT2D eigenvalue weighted by Gasteiger charge is -2.29. The fourth-order valence-electron chi connectivity index (χ4n) is 4.13.